The zero-order chi connectivity index (χ0) is 43.5. The molecule has 0 radical (unpaired) electrons. The number of benzene rings is 4. The minimum Gasteiger partial charge on any atom is -0.478 e. The van der Waals surface area contributed by atoms with Crippen LogP contribution in [0.3, 0.4) is 0 Å². The Labute approximate surface area is 358 Å². The molecule has 2 aliphatic heterocycles. The first-order valence-corrected chi connectivity index (χ1v) is 20.8. The Bertz CT molecular complexity index is 2480. The Morgan fingerprint density at radius 3 is 1.44 bits per heavy atom. The number of nitrogens with two attached hydrogens (primary N) is 1. The number of aryl methyl sites for hydroxylation is 3. The van der Waals surface area contributed by atoms with Gasteiger partial charge in [0, 0.05) is 79.6 Å². The van der Waals surface area contributed by atoms with E-state index < -0.39 is 5.97 Å². The van der Waals surface area contributed by atoms with Crippen LogP contribution in [0.2, 0.25) is 0 Å². The predicted octanol–water partition coefficient (Wildman–Crippen LogP) is 9.37. The van der Waals surface area contributed by atoms with Crippen molar-refractivity contribution in [2.24, 2.45) is 5.73 Å². The Morgan fingerprint density at radius 2 is 1.03 bits per heavy atom. The molecule has 0 fully saturated rings. The number of amides is 2. The van der Waals surface area contributed by atoms with E-state index in [2.05, 4.69) is 28.2 Å². The van der Waals surface area contributed by atoms with Crippen LogP contribution >= 0.6 is 0 Å². The fourth-order valence-corrected chi connectivity index (χ4v) is 7.38. The first kappa shape index (κ1) is 43.8. The number of fused-ring (bicyclic) bond motifs is 2. The Balaban J connectivity index is 0.000000175. The van der Waals surface area contributed by atoms with Gasteiger partial charge in [-0.1, -0.05) is 74.5 Å². The third-order valence-electron chi connectivity index (χ3n) is 11.0. The van der Waals surface area contributed by atoms with Gasteiger partial charge in [-0.3, -0.25) is 24.4 Å². The monoisotopic (exact) mass is 815 g/mol. The lowest BCUT2D eigenvalue weighted by molar-refractivity contribution is -0.119. The molecule has 0 unspecified atom stereocenters. The molecule has 4 aromatic carbocycles. The maximum Gasteiger partial charge on any atom is 0.335 e. The molecule has 10 nitrogen and oxygen atoms in total. The third kappa shape index (κ3) is 11.1. The number of carboxylic acids is 1. The molecule has 3 N–H and O–H groups in total. The van der Waals surface area contributed by atoms with Crippen molar-refractivity contribution in [2.75, 3.05) is 22.9 Å². The van der Waals surface area contributed by atoms with Crippen LogP contribution in [0.5, 0.6) is 0 Å². The number of aromatic carboxylic acids is 1. The van der Waals surface area contributed by atoms with Crippen molar-refractivity contribution < 1.29 is 24.3 Å². The Kier molecular flexibility index (Phi) is 14.7. The second-order valence-electron chi connectivity index (χ2n) is 15.2. The molecule has 0 atom stereocenters. The smallest absolute Gasteiger partial charge is 0.335 e. The third-order valence-corrected chi connectivity index (χ3v) is 11.0. The maximum absolute atomic E-state index is 12.6. The summed E-state index contributed by atoms with van der Waals surface area (Å²) in [5.41, 5.74) is 19.2. The summed E-state index contributed by atoms with van der Waals surface area (Å²) in [4.78, 5) is 59.5. The van der Waals surface area contributed by atoms with E-state index in [0.29, 0.717) is 32.2 Å². The summed E-state index contributed by atoms with van der Waals surface area (Å²) in [5.74, 6) is -0.456. The molecule has 0 bridgehead atoms. The number of anilines is 2. The van der Waals surface area contributed by atoms with Gasteiger partial charge in [0.1, 0.15) is 0 Å². The quantitative estimate of drug-likeness (QED) is 0.130. The van der Waals surface area contributed by atoms with Gasteiger partial charge >= 0.3 is 5.97 Å². The SMILES string of the molecule is CCC(=O)N1CCc2cc(-c3ccc(C(=O)CCc4ccc(C)nc4)cc3)ccc21.CCC(=O)N1CCc2cc(-c3ccc(C(=O)O)cc3)ccc21.Cc1ccc(CN)cn1. The number of nitrogens with zero attached hydrogens (tertiary/aromatic N) is 4. The molecule has 0 spiro atoms. The average Bonchev–Trinajstić information content (AvgIpc) is 3.93. The highest BCUT2D eigenvalue weighted by Crippen LogP contribution is 2.34. The normalized spacial score (nSPS) is 12.3. The van der Waals surface area contributed by atoms with Crippen LogP contribution < -0.4 is 15.5 Å². The topological polar surface area (TPSA) is 147 Å². The zero-order valence-electron chi connectivity index (χ0n) is 35.4. The molecule has 61 heavy (non-hydrogen) atoms. The van der Waals surface area contributed by atoms with E-state index >= 15 is 0 Å². The molecule has 4 heterocycles. The van der Waals surface area contributed by atoms with E-state index in [-0.39, 0.29) is 23.2 Å². The lowest BCUT2D eigenvalue weighted by Crippen LogP contribution is -2.27. The number of pyridine rings is 2. The van der Waals surface area contributed by atoms with Crippen LogP contribution in [-0.2, 0) is 35.4 Å². The largest absolute Gasteiger partial charge is 0.478 e. The van der Waals surface area contributed by atoms with Gasteiger partial charge in [0.15, 0.2) is 5.78 Å². The van der Waals surface area contributed by atoms with E-state index in [0.717, 1.165) is 87.6 Å². The van der Waals surface area contributed by atoms with Crippen molar-refractivity contribution >= 4 is 34.9 Å². The van der Waals surface area contributed by atoms with E-state index in [4.69, 9.17) is 10.8 Å². The number of hydrogen-bond acceptors (Lipinski definition) is 7. The first-order chi connectivity index (χ1) is 29.5. The number of carboxylic acid groups (broad SMARTS) is 1. The summed E-state index contributed by atoms with van der Waals surface area (Å²) in [7, 11) is 0. The molecule has 0 saturated carbocycles. The standard InChI is InChI=1S/C26H26N2O2.C18H17NO3.C7H10N2/c1-3-26(30)28-15-14-23-16-22(11-12-24(23)28)20-7-9-21(10-8-20)25(29)13-6-19-5-4-18(2)27-17-19;1-2-17(20)19-10-9-15-11-14(7-8-16(15)19)12-3-5-13(6-4-12)18(21)22;1-6-2-3-7(4-8)5-9-6/h4-5,7-12,16-17H,3,6,13-15H2,1-2H3;3-8,11H,2,9-10H2,1H3,(H,21,22);2-3,5H,4,8H2,1H3. The number of hydrogen-bond donors (Lipinski definition) is 2. The summed E-state index contributed by atoms with van der Waals surface area (Å²) in [6, 6.07) is 34.9. The molecule has 8 rings (SSSR count). The summed E-state index contributed by atoms with van der Waals surface area (Å²) >= 11 is 0. The number of ketones is 1. The van der Waals surface area contributed by atoms with E-state index in [1.54, 1.807) is 18.3 Å². The van der Waals surface area contributed by atoms with Gasteiger partial charge in [-0.15, -0.1) is 0 Å². The predicted molar refractivity (Wildman–Crippen MR) is 242 cm³/mol. The van der Waals surface area contributed by atoms with E-state index in [9.17, 15) is 19.2 Å². The van der Waals surface area contributed by atoms with Crippen LogP contribution in [0.1, 0.15) is 87.5 Å². The lowest BCUT2D eigenvalue weighted by atomic mass is 9.98. The Hall–Kier alpha value is -6.78. The van der Waals surface area contributed by atoms with Crippen LogP contribution in [0, 0.1) is 13.8 Å². The van der Waals surface area contributed by atoms with Crippen LogP contribution in [0.15, 0.2) is 122 Å². The molecule has 2 amide bonds. The van der Waals surface area contributed by atoms with E-state index in [1.807, 2.05) is 123 Å². The number of carbonyl (C=O) groups is 4. The Morgan fingerprint density at radius 1 is 0.590 bits per heavy atom. The van der Waals surface area contributed by atoms with Gasteiger partial charge in [-0.05, 0) is 126 Å². The first-order valence-electron chi connectivity index (χ1n) is 20.8. The maximum atomic E-state index is 12.6. The van der Waals surface area contributed by atoms with Crippen LogP contribution in [-0.4, -0.2) is 51.7 Å². The molecule has 6 aromatic rings. The number of aromatic nitrogens is 2. The van der Waals surface area contributed by atoms with Gasteiger partial charge < -0.3 is 20.6 Å². The average molecular weight is 816 g/mol. The van der Waals surface area contributed by atoms with Crippen LogP contribution in [0.25, 0.3) is 22.3 Å². The number of Topliss-reactive ketones (excluding diaryl/α,β-unsaturated/α-hetero) is 1. The fraction of sp³-hybridized carbons (Fsp3) is 0.255. The molecule has 10 heteroatoms. The van der Waals surface area contributed by atoms with Crippen molar-refractivity contribution in [3.63, 3.8) is 0 Å². The zero-order valence-corrected chi connectivity index (χ0v) is 35.4. The molecule has 312 valence electrons. The molecule has 0 aliphatic carbocycles. The minimum atomic E-state index is -0.922. The van der Waals surface area contributed by atoms with E-state index in [1.165, 1.54) is 11.1 Å². The van der Waals surface area contributed by atoms with Crippen molar-refractivity contribution in [3.8, 4) is 22.3 Å². The van der Waals surface area contributed by atoms with Crippen molar-refractivity contribution in [1.29, 1.82) is 0 Å². The summed E-state index contributed by atoms with van der Waals surface area (Å²) < 4.78 is 0. The highest BCUT2D eigenvalue weighted by molar-refractivity contribution is 5.98. The molecular formula is C51H53N5O5. The molecular weight excluding hydrogens is 763 g/mol. The van der Waals surface area contributed by atoms with Crippen molar-refractivity contribution in [2.45, 2.75) is 72.8 Å². The second-order valence-corrected chi connectivity index (χ2v) is 15.2. The molecule has 0 saturated heterocycles. The number of carbonyl (C=O) groups excluding carboxylic acids is 3. The van der Waals surface area contributed by atoms with Gasteiger partial charge in [0.2, 0.25) is 11.8 Å². The van der Waals surface area contributed by atoms with Gasteiger partial charge in [0.05, 0.1) is 5.56 Å². The second kappa shape index (κ2) is 20.5. The molecule has 2 aliphatic rings. The summed E-state index contributed by atoms with van der Waals surface area (Å²) in [6.07, 6.45) is 7.61. The highest BCUT2D eigenvalue weighted by Gasteiger charge is 2.25. The molecule has 2 aromatic heterocycles. The van der Waals surface area contributed by atoms with Crippen LogP contribution in [0.4, 0.5) is 11.4 Å². The summed E-state index contributed by atoms with van der Waals surface area (Å²) in [6.45, 7) is 9.76. The van der Waals surface area contributed by atoms with Gasteiger partial charge in [0.25, 0.3) is 0 Å². The van der Waals surface area contributed by atoms with Gasteiger partial charge in [-0.2, -0.15) is 0 Å². The lowest BCUT2D eigenvalue weighted by Gasteiger charge is -2.16. The number of rotatable bonds is 10. The van der Waals surface area contributed by atoms with Gasteiger partial charge in [-0.25, -0.2) is 4.79 Å². The fourth-order valence-electron chi connectivity index (χ4n) is 7.38. The minimum absolute atomic E-state index is 0.143. The van der Waals surface area contributed by atoms with Crippen molar-refractivity contribution in [3.05, 3.63) is 166 Å². The highest BCUT2D eigenvalue weighted by atomic mass is 16.4. The summed E-state index contributed by atoms with van der Waals surface area (Å²) in [5, 5.41) is 8.94. The van der Waals surface area contributed by atoms with Crippen molar-refractivity contribution in [1.82, 2.24) is 9.97 Å².